The normalized spacial score (nSPS) is 24.2. The molecule has 2 rings (SSSR count). The van der Waals surface area contributed by atoms with Crippen LogP contribution in [0.2, 0.25) is 5.02 Å². The zero-order chi connectivity index (χ0) is 12.6. The van der Waals surface area contributed by atoms with Gasteiger partial charge in [-0.1, -0.05) is 24.6 Å². The highest BCUT2D eigenvalue weighted by atomic mass is 35.5. The van der Waals surface area contributed by atoms with Gasteiger partial charge in [0.15, 0.2) is 0 Å². The Balaban J connectivity index is 2.01. The number of hydrogen-bond donors (Lipinski definition) is 1. The molecular formula is C13H15ClFNO. The summed E-state index contributed by atoms with van der Waals surface area (Å²) >= 11 is 5.70. The SMILES string of the molecule is C[C@H](NC(=O)[C@H]1C[C@H]1C)c1ccc(F)c(Cl)c1. The van der Waals surface area contributed by atoms with Gasteiger partial charge in [0.1, 0.15) is 5.82 Å². The first-order chi connectivity index (χ1) is 7.99. The smallest absolute Gasteiger partial charge is 0.223 e. The van der Waals surface area contributed by atoms with Crippen molar-refractivity contribution in [1.29, 1.82) is 0 Å². The second-order valence-corrected chi connectivity index (χ2v) is 5.13. The second kappa shape index (κ2) is 4.65. The van der Waals surface area contributed by atoms with Crippen molar-refractivity contribution in [3.05, 3.63) is 34.6 Å². The van der Waals surface area contributed by atoms with Crippen molar-refractivity contribution in [3.63, 3.8) is 0 Å². The van der Waals surface area contributed by atoms with Crippen LogP contribution in [0.4, 0.5) is 4.39 Å². The van der Waals surface area contributed by atoms with E-state index < -0.39 is 5.82 Å². The number of hydrogen-bond acceptors (Lipinski definition) is 1. The van der Waals surface area contributed by atoms with Crippen LogP contribution >= 0.6 is 11.6 Å². The Labute approximate surface area is 105 Å². The van der Waals surface area contributed by atoms with E-state index in [1.165, 1.54) is 6.07 Å². The Morgan fingerprint density at radius 3 is 2.76 bits per heavy atom. The Bertz CT molecular complexity index is 449. The van der Waals surface area contributed by atoms with Crippen LogP contribution < -0.4 is 5.32 Å². The Kier molecular flexibility index (Phi) is 3.38. The van der Waals surface area contributed by atoms with Crippen molar-refractivity contribution in [3.8, 4) is 0 Å². The molecule has 1 fully saturated rings. The van der Waals surface area contributed by atoms with Crippen LogP contribution in [-0.4, -0.2) is 5.91 Å². The van der Waals surface area contributed by atoms with Gasteiger partial charge in [-0.3, -0.25) is 4.79 Å². The Hall–Kier alpha value is -1.09. The number of benzene rings is 1. The van der Waals surface area contributed by atoms with Crippen molar-refractivity contribution in [2.24, 2.45) is 11.8 Å². The van der Waals surface area contributed by atoms with E-state index in [4.69, 9.17) is 11.6 Å². The lowest BCUT2D eigenvalue weighted by molar-refractivity contribution is -0.123. The number of carbonyl (C=O) groups excluding carboxylic acids is 1. The molecule has 17 heavy (non-hydrogen) atoms. The zero-order valence-corrected chi connectivity index (χ0v) is 10.6. The quantitative estimate of drug-likeness (QED) is 0.882. The van der Waals surface area contributed by atoms with Crippen molar-refractivity contribution >= 4 is 17.5 Å². The molecule has 4 heteroatoms. The summed E-state index contributed by atoms with van der Waals surface area (Å²) in [4.78, 5) is 11.7. The summed E-state index contributed by atoms with van der Waals surface area (Å²) in [5, 5.41) is 3.00. The summed E-state index contributed by atoms with van der Waals surface area (Å²) < 4.78 is 13.0. The fourth-order valence-electron chi connectivity index (χ4n) is 1.87. The molecule has 3 atom stereocenters. The summed E-state index contributed by atoms with van der Waals surface area (Å²) in [6.45, 7) is 3.93. The molecule has 0 spiro atoms. The average Bonchev–Trinajstić information content (AvgIpc) is 2.99. The second-order valence-electron chi connectivity index (χ2n) is 4.72. The fourth-order valence-corrected chi connectivity index (χ4v) is 2.06. The molecule has 0 bridgehead atoms. The lowest BCUT2D eigenvalue weighted by Crippen LogP contribution is -2.28. The first-order valence-corrected chi connectivity index (χ1v) is 6.12. The summed E-state index contributed by atoms with van der Waals surface area (Å²) in [6.07, 6.45) is 0.961. The lowest BCUT2D eigenvalue weighted by atomic mass is 10.1. The summed E-state index contributed by atoms with van der Waals surface area (Å²) in [6, 6.07) is 4.37. The zero-order valence-electron chi connectivity index (χ0n) is 9.84. The van der Waals surface area contributed by atoms with Gasteiger partial charge in [-0.15, -0.1) is 0 Å². The van der Waals surface area contributed by atoms with Crippen LogP contribution in [0.5, 0.6) is 0 Å². The molecule has 0 unspecified atom stereocenters. The van der Waals surface area contributed by atoms with E-state index in [1.54, 1.807) is 12.1 Å². The molecule has 1 amide bonds. The molecule has 1 N–H and O–H groups in total. The number of rotatable bonds is 3. The van der Waals surface area contributed by atoms with E-state index in [0.29, 0.717) is 5.92 Å². The molecule has 1 saturated carbocycles. The standard InChI is InChI=1S/C13H15ClFNO/c1-7-5-10(7)13(17)16-8(2)9-3-4-12(15)11(14)6-9/h3-4,6-8,10H,5H2,1-2H3,(H,16,17)/t7-,8+,10+/m1/s1. The molecule has 1 aliphatic rings. The molecule has 92 valence electrons. The van der Waals surface area contributed by atoms with Gasteiger partial charge in [-0.2, -0.15) is 0 Å². The van der Waals surface area contributed by atoms with Gasteiger partial charge in [0.25, 0.3) is 0 Å². The van der Waals surface area contributed by atoms with Gasteiger partial charge in [0.05, 0.1) is 11.1 Å². The number of carbonyl (C=O) groups is 1. The third-order valence-electron chi connectivity index (χ3n) is 3.25. The van der Waals surface area contributed by atoms with Crippen LogP contribution in [0.15, 0.2) is 18.2 Å². The van der Waals surface area contributed by atoms with Gasteiger partial charge in [0.2, 0.25) is 5.91 Å². The van der Waals surface area contributed by atoms with E-state index in [1.807, 2.05) is 6.92 Å². The molecule has 0 saturated heterocycles. The number of nitrogens with one attached hydrogen (secondary N) is 1. The summed E-state index contributed by atoms with van der Waals surface area (Å²) in [5.74, 6) is 0.266. The maximum atomic E-state index is 13.0. The van der Waals surface area contributed by atoms with Gasteiger partial charge in [-0.05, 0) is 37.0 Å². The monoisotopic (exact) mass is 255 g/mol. The highest BCUT2D eigenvalue weighted by Gasteiger charge is 2.39. The first kappa shape index (κ1) is 12.4. The van der Waals surface area contributed by atoms with Crippen molar-refractivity contribution < 1.29 is 9.18 Å². The van der Waals surface area contributed by atoms with Gasteiger partial charge >= 0.3 is 0 Å². The molecule has 0 aliphatic heterocycles. The number of halogens is 2. The number of amides is 1. The van der Waals surface area contributed by atoms with Crippen LogP contribution in [0.1, 0.15) is 31.9 Å². The molecule has 0 heterocycles. The third kappa shape index (κ3) is 2.78. The van der Waals surface area contributed by atoms with E-state index in [-0.39, 0.29) is 22.9 Å². The largest absolute Gasteiger partial charge is 0.349 e. The van der Waals surface area contributed by atoms with Crippen LogP contribution in [0.3, 0.4) is 0 Å². The maximum absolute atomic E-state index is 13.0. The minimum atomic E-state index is -0.440. The van der Waals surface area contributed by atoms with E-state index in [2.05, 4.69) is 12.2 Å². The highest BCUT2D eigenvalue weighted by Crippen LogP contribution is 2.38. The highest BCUT2D eigenvalue weighted by molar-refractivity contribution is 6.30. The minimum Gasteiger partial charge on any atom is -0.349 e. The van der Waals surface area contributed by atoms with Crippen LogP contribution in [-0.2, 0) is 4.79 Å². The molecule has 0 radical (unpaired) electrons. The van der Waals surface area contributed by atoms with Gasteiger partial charge in [-0.25, -0.2) is 4.39 Å². The van der Waals surface area contributed by atoms with Gasteiger partial charge < -0.3 is 5.32 Å². The average molecular weight is 256 g/mol. The minimum absolute atomic E-state index is 0.0745. The van der Waals surface area contributed by atoms with Crippen molar-refractivity contribution in [2.75, 3.05) is 0 Å². The van der Waals surface area contributed by atoms with Crippen LogP contribution in [0.25, 0.3) is 0 Å². The Morgan fingerprint density at radius 1 is 1.59 bits per heavy atom. The first-order valence-electron chi connectivity index (χ1n) is 5.74. The van der Waals surface area contributed by atoms with Crippen molar-refractivity contribution in [1.82, 2.24) is 5.32 Å². The lowest BCUT2D eigenvalue weighted by Gasteiger charge is -2.14. The molecule has 2 nitrogen and oxygen atoms in total. The molecular weight excluding hydrogens is 241 g/mol. The molecule has 1 aromatic rings. The van der Waals surface area contributed by atoms with E-state index >= 15 is 0 Å². The predicted octanol–water partition coefficient (Wildman–Crippen LogP) is 3.31. The molecule has 1 aromatic carbocycles. The third-order valence-corrected chi connectivity index (χ3v) is 3.54. The fraction of sp³-hybridized carbons (Fsp3) is 0.462. The van der Waals surface area contributed by atoms with Crippen LogP contribution in [0, 0.1) is 17.7 Å². The topological polar surface area (TPSA) is 29.1 Å². The van der Waals surface area contributed by atoms with Crippen molar-refractivity contribution in [2.45, 2.75) is 26.3 Å². The van der Waals surface area contributed by atoms with E-state index in [0.717, 1.165) is 12.0 Å². The Morgan fingerprint density at radius 2 is 2.24 bits per heavy atom. The summed E-state index contributed by atoms with van der Waals surface area (Å²) in [7, 11) is 0. The predicted molar refractivity (Wildman–Crippen MR) is 65.2 cm³/mol. The summed E-state index contributed by atoms with van der Waals surface area (Å²) in [5.41, 5.74) is 0.818. The van der Waals surface area contributed by atoms with Gasteiger partial charge in [0, 0.05) is 5.92 Å². The molecule has 1 aliphatic carbocycles. The maximum Gasteiger partial charge on any atom is 0.223 e. The molecule has 0 aromatic heterocycles. The van der Waals surface area contributed by atoms with E-state index in [9.17, 15) is 9.18 Å².